The summed E-state index contributed by atoms with van der Waals surface area (Å²) in [7, 11) is 1.77. The lowest BCUT2D eigenvalue weighted by atomic mass is 9.50. The van der Waals surface area contributed by atoms with Crippen LogP contribution >= 0.6 is 0 Å². The first kappa shape index (κ1) is 15.3. The largest absolute Gasteiger partial charge is 0.497 e. The van der Waals surface area contributed by atoms with Crippen molar-refractivity contribution in [3.05, 3.63) is 29.3 Å². The number of aliphatic hydroxyl groups is 1. The molecule has 0 radical (unpaired) electrons. The first-order chi connectivity index (χ1) is 11.6. The molecule has 130 valence electrons. The Morgan fingerprint density at radius 1 is 1.29 bits per heavy atom. The van der Waals surface area contributed by atoms with Crippen LogP contribution in [-0.2, 0) is 6.42 Å². The van der Waals surface area contributed by atoms with Crippen LogP contribution < -0.4 is 4.74 Å². The van der Waals surface area contributed by atoms with Gasteiger partial charge in [0.15, 0.2) is 0 Å². The van der Waals surface area contributed by atoms with Crippen molar-refractivity contribution in [1.29, 1.82) is 0 Å². The van der Waals surface area contributed by atoms with Gasteiger partial charge in [0, 0.05) is 6.61 Å². The number of benzene rings is 1. The Balaban J connectivity index is 1.55. The second kappa shape index (κ2) is 5.00. The van der Waals surface area contributed by atoms with E-state index in [-0.39, 0.29) is 0 Å². The summed E-state index contributed by atoms with van der Waals surface area (Å²) >= 11 is 0. The van der Waals surface area contributed by atoms with E-state index < -0.39 is 0 Å². The number of methoxy groups -OCH3 is 1. The molecule has 0 unspecified atom stereocenters. The highest BCUT2D eigenvalue weighted by molar-refractivity contribution is 5.41. The Hall–Kier alpha value is -1.02. The molecule has 1 aromatic carbocycles. The van der Waals surface area contributed by atoms with Gasteiger partial charge in [0.05, 0.1) is 7.11 Å². The fourth-order valence-corrected chi connectivity index (χ4v) is 7.51. The second-order valence-corrected chi connectivity index (χ2v) is 9.35. The van der Waals surface area contributed by atoms with Gasteiger partial charge in [-0.2, -0.15) is 0 Å². The van der Waals surface area contributed by atoms with E-state index in [9.17, 15) is 5.11 Å². The third-order valence-electron chi connectivity index (χ3n) is 8.50. The van der Waals surface area contributed by atoms with Crippen LogP contribution in [0.3, 0.4) is 0 Å². The van der Waals surface area contributed by atoms with Gasteiger partial charge in [-0.3, -0.25) is 0 Å². The van der Waals surface area contributed by atoms with Gasteiger partial charge in [0.1, 0.15) is 5.75 Å². The molecule has 0 aliphatic heterocycles. The van der Waals surface area contributed by atoms with E-state index in [4.69, 9.17) is 4.74 Å². The normalized spacial score (nSPS) is 48.1. The summed E-state index contributed by atoms with van der Waals surface area (Å²) in [6, 6.07) is 6.79. The van der Waals surface area contributed by atoms with Crippen LogP contribution in [-0.4, -0.2) is 18.8 Å². The van der Waals surface area contributed by atoms with Crippen LogP contribution in [0.2, 0.25) is 0 Å². The zero-order chi connectivity index (χ0) is 16.6. The molecule has 0 saturated heterocycles. The number of rotatable bonds is 2. The Kier molecular flexibility index (Phi) is 3.18. The predicted molar refractivity (Wildman–Crippen MR) is 95.1 cm³/mol. The van der Waals surface area contributed by atoms with E-state index in [2.05, 4.69) is 32.0 Å². The maximum Gasteiger partial charge on any atom is 0.119 e. The zero-order valence-corrected chi connectivity index (χ0v) is 15.2. The highest BCUT2D eigenvalue weighted by Crippen LogP contribution is 2.74. The van der Waals surface area contributed by atoms with Crippen molar-refractivity contribution < 1.29 is 9.84 Å². The number of ether oxygens (including phenoxy) is 1. The average Bonchev–Trinajstić information content (AvgIpc) is 3.29. The minimum absolute atomic E-state index is 0.391. The molecule has 5 rings (SSSR count). The van der Waals surface area contributed by atoms with E-state index in [1.165, 1.54) is 31.2 Å². The average molecular weight is 326 g/mol. The summed E-state index contributed by atoms with van der Waals surface area (Å²) in [6.07, 6.45) is 5.19. The smallest absolute Gasteiger partial charge is 0.119 e. The fourth-order valence-electron chi connectivity index (χ4n) is 7.51. The SMILES string of the molecule is COc1ccc2c(c1)C[C@@H](C)[C@H]1[C@H]3[C@@H]4C[C@@H]4[C@@H](CO)[C@@]3(C)CC[C@H]21. The summed E-state index contributed by atoms with van der Waals surface area (Å²) in [4.78, 5) is 0. The van der Waals surface area contributed by atoms with Crippen molar-refractivity contribution in [1.82, 2.24) is 0 Å². The lowest BCUT2D eigenvalue weighted by Crippen LogP contribution is -2.47. The molecule has 0 heterocycles. The molecule has 0 aromatic heterocycles. The Labute approximate surface area is 145 Å². The maximum absolute atomic E-state index is 10.0. The summed E-state index contributed by atoms with van der Waals surface area (Å²) in [6.45, 7) is 5.40. The Morgan fingerprint density at radius 3 is 2.88 bits per heavy atom. The molecule has 1 aromatic rings. The van der Waals surface area contributed by atoms with Gasteiger partial charge in [0.2, 0.25) is 0 Å². The van der Waals surface area contributed by atoms with Crippen molar-refractivity contribution in [2.45, 2.75) is 45.4 Å². The topological polar surface area (TPSA) is 29.5 Å². The maximum atomic E-state index is 10.0. The monoisotopic (exact) mass is 326 g/mol. The third-order valence-corrected chi connectivity index (χ3v) is 8.50. The number of fused-ring (bicyclic) bond motifs is 7. The van der Waals surface area contributed by atoms with E-state index in [1.54, 1.807) is 12.7 Å². The van der Waals surface area contributed by atoms with Gasteiger partial charge in [-0.25, -0.2) is 0 Å². The molecular formula is C22H30O2. The molecule has 0 spiro atoms. The fraction of sp³-hybridized carbons (Fsp3) is 0.727. The molecule has 24 heavy (non-hydrogen) atoms. The molecule has 0 bridgehead atoms. The van der Waals surface area contributed by atoms with Crippen LogP contribution in [0.4, 0.5) is 0 Å². The molecule has 3 fully saturated rings. The van der Waals surface area contributed by atoms with Gasteiger partial charge < -0.3 is 9.84 Å². The van der Waals surface area contributed by atoms with Gasteiger partial charge in [-0.1, -0.05) is 19.9 Å². The minimum atomic E-state index is 0.391. The van der Waals surface area contributed by atoms with Crippen molar-refractivity contribution in [3.8, 4) is 5.75 Å². The number of hydrogen-bond acceptors (Lipinski definition) is 2. The molecule has 0 amide bonds. The zero-order valence-electron chi connectivity index (χ0n) is 15.2. The lowest BCUT2D eigenvalue weighted by Gasteiger charge is -2.54. The highest BCUT2D eigenvalue weighted by atomic mass is 16.5. The summed E-state index contributed by atoms with van der Waals surface area (Å²) < 4.78 is 5.46. The minimum Gasteiger partial charge on any atom is -0.497 e. The lowest BCUT2D eigenvalue weighted by molar-refractivity contribution is -0.0310. The van der Waals surface area contributed by atoms with Crippen molar-refractivity contribution >= 4 is 0 Å². The Bertz CT molecular complexity index is 668. The number of hydrogen-bond donors (Lipinski definition) is 1. The molecule has 3 saturated carbocycles. The quantitative estimate of drug-likeness (QED) is 0.880. The molecular weight excluding hydrogens is 296 g/mol. The Morgan fingerprint density at radius 2 is 2.12 bits per heavy atom. The summed E-state index contributed by atoms with van der Waals surface area (Å²) in [5, 5.41) is 10.0. The molecule has 2 heteroatoms. The first-order valence-electron chi connectivity index (χ1n) is 9.86. The highest BCUT2D eigenvalue weighted by Gasteiger charge is 2.68. The van der Waals surface area contributed by atoms with Crippen LogP contribution in [0, 0.1) is 40.9 Å². The van der Waals surface area contributed by atoms with Crippen LogP contribution in [0.5, 0.6) is 5.75 Å². The van der Waals surface area contributed by atoms with Crippen molar-refractivity contribution in [2.24, 2.45) is 40.9 Å². The number of aliphatic hydroxyl groups excluding tert-OH is 1. The molecule has 1 N–H and O–H groups in total. The third kappa shape index (κ3) is 1.81. The van der Waals surface area contributed by atoms with Crippen molar-refractivity contribution in [2.75, 3.05) is 13.7 Å². The van der Waals surface area contributed by atoms with Gasteiger partial charge in [0.25, 0.3) is 0 Å². The van der Waals surface area contributed by atoms with Gasteiger partial charge in [-0.05, 0) is 95.8 Å². The standard InChI is InChI=1S/C22H30O2/c1-12-8-13-9-14(24-3)4-5-15(13)16-6-7-22(2)19(11-23)17-10-18(17)21(22)20(12)16/h4-5,9,12,16-21,23H,6-8,10-11H2,1-3H3/t12-,16-,17+,18-,19-,20-,21-,22-/m1/s1. The van der Waals surface area contributed by atoms with E-state index in [0.717, 1.165) is 41.3 Å². The van der Waals surface area contributed by atoms with E-state index >= 15 is 0 Å². The van der Waals surface area contributed by atoms with Gasteiger partial charge in [-0.15, -0.1) is 0 Å². The molecule has 4 aliphatic carbocycles. The molecule has 8 atom stereocenters. The molecule has 4 aliphatic rings. The predicted octanol–water partition coefficient (Wildman–Crippen LogP) is 4.26. The van der Waals surface area contributed by atoms with Crippen LogP contribution in [0.15, 0.2) is 18.2 Å². The van der Waals surface area contributed by atoms with Crippen LogP contribution in [0.1, 0.15) is 50.2 Å². The van der Waals surface area contributed by atoms with E-state index in [1.807, 2.05) is 0 Å². The second-order valence-electron chi connectivity index (χ2n) is 9.35. The summed E-state index contributed by atoms with van der Waals surface area (Å²) in [5.41, 5.74) is 3.52. The first-order valence-corrected chi connectivity index (χ1v) is 9.86. The molecule has 2 nitrogen and oxygen atoms in total. The summed E-state index contributed by atoms with van der Waals surface area (Å²) in [5.74, 6) is 6.43. The van der Waals surface area contributed by atoms with Crippen LogP contribution in [0.25, 0.3) is 0 Å². The van der Waals surface area contributed by atoms with Gasteiger partial charge >= 0.3 is 0 Å². The van der Waals surface area contributed by atoms with Crippen molar-refractivity contribution in [3.63, 3.8) is 0 Å². The van der Waals surface area contributed by atoms with E-state index in [0.29, 0.717) is 17.9 Å².